The summed E-state index contributed by atoms with van der Waals surface area (Å²) in [6.45, 7) is 5.08. The van der Waals surface area contributed by atoms with Crippen molar-refractivity contribution in [2.75, 3.05) is 20.1 Å². The molecule has 0 atom stereocenters. The van der Waals surface area contributed by atoms with E-state index >= 15 is 0 Å². The van der Waals surface area contributed by atoms with E-state index in [4.69, 9.17) is 0 Å². The van der Waals surface area contributed by atoms with Gasteiger partial charge in [0.25, 0.3) is 5.91 Å². The molecule has 0 N–H and O–H groups in total. The molecule has 0 aliphatic carbocycles. The van der Waals surface area contributed by atoms with Gasteiger partial charge in [-0.05, 0) is 44.4 Å². The van der Waals surface area contributed by atoms with Crippen LogP contribution in [0.5, 0.6) is 0 Å². The minimum Gasteiger partial charge on any atom is -0.337 e. The molecule has 8 heteroatoms. The maximum absolute atomic E-state index is 13.3. The normalized spacial score (nSPS) is 18.3. The lowest BCUT2D eigenvalue weighted by molar-refractivity contribution is -0.138. The van der Waals surface area contributed by atoms with E-state index in [1.54, 1.807) is 17.0 Å². The maximum atomic E-state index is 13.3. The highest BCUT2D eigenvalue weighted by Crippen LogP contribution is 2.39. The van der Waals surface area contributed by atoms with Gasteiger partial charge in [-0.3, -0.25) is 14.4 Å². The summed E-state index contributed by atoms with van der Waals surface area (Å²) in [6.07, 6.45) is -3.31. The number of nitrogens with zero attached hydrogens (tertiary/aromatic N) is 4. The lowest BCUT2D eigenvalue weighted by atomic mass is 9.86. The van der Waals surface area contributed by atoms with Crippen LogP contribution in [0.3, 0.4) is 0 Å². The number of rotatable bonds is 3. The van der Waals surface area contributed by atoms with Gasteiger partial charge < -0.3 is 4.90 Å². The van der Waals surface area contributed by atoms with Crippen LogP contribution in [0, 0.1) is 0 Å². The Morgan fingerprint density at radius 3 is 2.52 bits per heavy atom. The molecule has 0 unspecified atom stereocenters. The van der Waals surface area contributed by atoms with Crippen molar-refractivity contribution < 1.29 is 18.0 Å². The molecule has 29 heavy (non-hydrogen) atoms. The van der Waals surface area contributed by atoms with E-state index in [0.717, 1.165) is 23.9 Å². The Morgan fingerprint density at radius 2 is 1.86 bits per heavy atom. The van der Waals surface area contributed by atoms with E-state index in [9.17, 15) is 18.0 Å². The zero-order valence-electron chi connectivity index (χ0n) is 16.7. The molecule has 2 aromatic rings. The fraction of sp³-hybridized carbons (Fsp3) is 0.524. The van der Waals surface area contributed by atoms with Crippen molar-refractivity contribution in [3.05, 3.63) is 52.3 Å². The molecule has 3 heterocycles. The van der Waals surface area contributed by atoms with Gasteiger partial charge in [-0.15, -0.1) is 0 Å². The highest BCUT2D eigenvalue weighted by atomic mass is 19.4. The van der Waals surface area contributed by atoms with Crippen molar-refractivity contribution in [3.8, 4) is 0 Å². The molecule has 0 saturated carbocycles. The van der Waals surface area contributed by atoms with Gasteiger partial charge in [-0.1, -0.05) is 18.2 Å². The number of carbonyl (C=O) groups is 1. The van der Waals surface area contributed by atoms with Crippen molar-refractivity contribution in [1.82, 2.24) is 19.6 Å². The highest BCUT2D eigenvalue weighted by molar-refractivity contribution is 5.94. The Hall–Kier alpha value is -2.35. The number of hydrogen-bond acceptors (Lipinski definition) is 3. The number of alkyl halides is 3. The van der Waals surface area contributed by atoms with Gasteiger partial charge in [-0.25, -0.2) is 0 Å². The van der Waals surface area contributed by atoms with E-state index in [-0.39, 0.29) is 11.8 Å². The van der Waals surface area contributed by atoms with E-state index in [1.807, 2.05) is 18.7 Å². The molecule has 5 nitrogen and oxygen atoms in total. The molecule has 1 aromatic carbocycles. The van der Waals surface area contributed by atoms with Crippen molar-refractivity contribution >= 4 is 5.91 Å². The van der Waals surface area contributed by atoms with Crippen molar-refractivity contribution in [1.29, 1.82) is 0 Å². The molecular weight excluding hydrogens is 381 g/mol. The molecule has 1 aromatic heterocycles. The molecule has 1 fully saturated rings. The summed E-state index contributed by atoms with van der Waals surface area (Å²) in [5, 5.41) is 4.53. The summed E-state index contributed by atoms with van der Waals surface area (Å²) in [5.74, 6) is -0.298. The van der Waals surface area contributed by atoms with Crippen LogP contribution in [0.25, 0.3) is 0 Å². The molecule has 0 radical (unpaired) electrons. The second-order valence-corrected chi connectivity index (χ2v) is 7.91. The fourth-order valence-electron chi connectivity index (χ4n) is 4.55. The van der Waals surface area contributed by atoms with Crippen LogP contribution in [0.1, 0.15) is 58.6 Å². The summed E-state index contributed by atoms with van der Waals surface area (Å²) >= 11 is 0. The molecule has 0 spiro atoms. The summed E-state index contributed by atoms with van der Waals surface area (Å²) in [4.78, 5) is 17.0. The zero-order valence-corrected chi connectivity index (χ0v) is 16.7. The van der Waals surface area contributed by atoms with E-state index in [2.05, 4.69) is 10.00 Å². The highest BCUT2D eigenvalue weighted by Gasteiger charge is 2.37. The predicted octanol–water partition coefficient (Wildman–Crippen LogP) is 3.89. The second kappa shape index (κ2) is 7.48. The zero-order chi connectivity index (χ0) is 20.8. The number of hydrogen-bond donors (Lipinski definition) is 0. The smallest absolute Gasteiger partial charge is 0.337 e. The van der Waals surface area contributed by atoms with Gasteiger partial charge in [0, 0.05) is 38.3 Å². The minimum absolute atomic E-state index is 0.105. The Morgan fingerprint density at radius 1 is 1.17 bits per heavy atom. The van der Waals surface area contributed by atoms with Crippen LogP contribution in [-0.2, 0) is 25.8 Å². The van der Waals surface area contributed by atoms with Crippen LogP contribution in [0.4, 0.5) is 13.2 Å². The number of aryl methyl sites for hydroxylation is 1. The molecule has 1 saturated heterocycles. The van der Waals surface area contributed by atoms with Gasteiger partial charge >= 0.3 is 6.18 Å². The van der Waals surface area contributed by atoms with Crippen LogP contribution in [0.2, 0.25) is 0 Å². The third-order valence-corrected chi connectivity index (χ3v) is 6.00. The first kappa shape index (κ1) is 19.9. The number of amides is 1. The van der Waals surface area contributed by atoms with Gasteiger partial charge in [0.2, 0.25) is 0 Å². The lowest BCUT2D eigenvalue weighted by Crippen LogP contribution is -2.39. The Balaban J connectivity index is 1.50. The van der Waals surface area contributed by atoms with Crippen LogP contribution >= 0.6 is 0 Å². The Kier molecular flexibility index (Phi) is 5.14. The molecule has 1 amide bonds. The van der Waals surface area contributed by atoms with Crippen molar-refractivity contribution in [2.45, 2.75) is 51.5 Å². The van der Waals surface area contributed by atoms with E-state index < -0.39 is 11.7 Å². The molecule has 2 aliphatic rings. The van der Waals surface area contributed by atoms with Crippen LogP contribution in [0.15, 0.2) is 24.3 Å². The number of halogens is 3. The van der Waals surface area contributed by atoms with Crippen molar-refractivity contribution in [2.24, 2.45) is 0 Å². The third-order valence-electron chi connectivity index (χ3n) is 6.00. The van der Waals surface area contributed by atoms with Gasteiger partial charge in [0.15, 0.2) is 5.69 Å². The van der Waals surface area contributed by atoms with Crippen molar-refractivity contribution in [3.63, 3.8) is 0 Å². The molecular formula is C21H25F3N4O. The minimum atomic E-state index is -4.36. The topological polar surface area (TPSA) is 41.4 Å². The summed E-state index contributed by atoms with van der Waals surface area (Å²) in [6, 6.07) is 5.78. The quantitative estimate of drug-likeness (QED) is 0.777. The summed E-state index contributed by atoms with van der Waals surface area (Å²) in [5.41, 5.74) is 2.36. The van der Waals surface area contributed by atoms with Gasteiger partial charge in [-0.2, -0.15) is 18.3 Å². The summed E-state index contributed by atoms with van der Waals surface area (Å²) < 4.78 is 41.9. The average Bonchev–Trinajstić information content (AvgIpc) is 3.24. The first-order valence-corrected chi connectivity index (χ1v) is 10.0. The number of aromatic nitrogens is 2. The second-order valence-electron chi connectivity index (χ2n) is 7.91. The monoisotopic (exact) mass is 406 g/mol. The van der Waals surface area contributed by atoms with Crippen LogP contribution < -0.4 is 0 Å². The standard InChI is InChI=1S/C21H25F3N4O/c1-3-28-18-13-26(2)12-16(18)19(25-28)20(29)27-10-8-14(9-11-27)15-6-4-5-7-17(15)21(22,23)24/h4-7,14H,3,8-13H2,1-2H3. The summed E-state index contributed by atoms with van der Waals surface area (Å²) in [7, 11) is 2.01. The SMILES string of the molecule is CCn1nc(C(=O)N2CCC(c3ccccc3C(F)(F)F)CC2)c2c1CN(C)C2. The molecule has 0 bridgehead atoms. The Bertz CT molecular complexity index is 913. The number of piperidine rings is 1. The fourth-order valence-corrected chi connectivity index (χ4v) is 4.55. The number of fused-ring (bicyclic) bond motifs is 1. The maximum Gasteiger partial charge on any atom is 0.416 e. The first-order chi connectivity index (χ1) is 13.8. The Labute approximate surface area is 168 Å². The number of benzene rings is 1. The van der Waals surface area contributed by atoms with Gasteiger partial charge in [0.05, 0.1) is 11.3 Å². The van der Waals surface area contributed by atoms with Crippen LogP contribution in [-0.4, -0.2) is 45.6 Å². The predicted molar refractivity (Wildman–Crippen MR) is 102 cm³/mol. The molecule has 2 aliphatic heterocycles. The molecule has 156 valence electrons. The average molecular weight is 406 g/mol. The van der Waals surface area contributed by atoms with Gasteiger partial charge in [0.1, 0.15) is 0 Å². The first-order valence-electron chi connectivity index (χ1n) is 10.0. The third kappa shape index (κ3) is 3.66. The van der Waals surface area contributed by atoms with E-state index in [0.29, 0.717) is 50.3 Å². The molecule has 4 rings (SSSR count). The lowest BCUT2D eigenvalue weighted by Gasteiger charge is -2.33. The number of carbonyl (C=O) groups excluding carboxylic acids is 1. The van der Waals surface area contributed by atoms with E-state index in [1.165, 1.54) is 6.07 Å². The number of likely N-dealkylation sites (tertiary alicyclic amines) is 1. The largest absolute Gasteiger partial charge is 0.416 e.